The average molecular weight is 407 g/mol. The molecule has 0 aliphatic heterocycles. The first kappa shape index (κ1) is 18.9. The maximum Gasteiger partial charge on any atom is 0.234 e. The number of amides is 1. The summed E-state index contributed by atoms with van der Waals surface area (Å²) in [6, 6.07) is 17.9. The van der Waals surface area contributed by atoms with E-state index >= 15 is 0 Å². The van der Waals surface area contributed by atoms with Crippen molar-refractivity contribution in [2.75, 3.05) is 11.1 Å². The number of halogens is 1. The van der Waals surface area contributed by atoms with Crippen molar-refractivity contribution in [2.24, 2.45) is 0 Å². The highest BCUT2D eigenvalue weighted by Crippen LogP contribution is 2.25. The van der Waals surface area contributed by atoms with Gasteiger partial charge in [-0.05, 0) is 37.3 Å². The van der Waals surface area contributed by atoms with Crippen LogP contribution in [0.25, 0.3) is 11.4 Å². The normalized spacial score (nSPS) is 10.8. The number of benzene rings is 2. The van der Waals surface area contributed by atoms with Crippen molar-refractivity contribution in [2.45, 2.75) is 12.1 Å². The molecule has 0 atom stereocenters. The minimum absolute atomic E-state index is 0.0710. The maximum atomic E-state index is 13.7. The summed E-state index contributed by atoms with van der Waals surface area (Å²) in [5.74, 6) is -0.0501. The molecule has 4 aromatic rings. The van der Waals surface area contributed by atoms with Gasteiger partial charge < -0.3 is 5.32 Å². The Kier molecular flexibility index (Phi) is 5.44. The van der Waals surface area contributed by atoms with E-state index in [2.05, 4.69) is 15.5 Å². The molecule has 8 heteroatoms. The molecule has 0 unspecified atom stereocenters. The quantitative estimate of drug-likeness (QED) is 0.486. The molecule has 0 saturated carbocycles. The van der Waals surface area contributed by atoms with Crippen LogP contribution >= 0.6 is 11.8 Å². The Balaban J connectivity index is 1.58. The van der Waals surface area contributed by atoms with Gasteiger partial charge in [0.2, 0.25) is 11.1 Å². The van der Waals surface area contributed by atoms with Gasteiger partial charge in [-0.25, -0.2) is 9.07 Å². The van der Waals surface area contributed by atoms with Crippen LogP contribution in [0.1, 0.15) is 5.56 Å². The fraction of sp³-hybridized carbons (Fsp3) is 0.0952. The molecule has 2 heterocycles. The zero-order valence-corrected chi connectivity index (χ0v) is 16.4. The number of aromatic nitrogens is 4. The van der Waals surface area contributed by atoms with E-state index in [0.717, 1.165) is 11.1 Å². The topological polar surface area (TPSA) is 64.7 Å². The Labute approximate surface area is 171 Å². The Bertz CT molecular complexity index is 1140. The van der Waals surface area contributed by atoms with Gasteiger partial charge in [-0.15, -0.1) is 10.2 Å². The van der Waals surface area contributed by atoms with Crippen molar-refractivity contribution in [1.29, 1.82) is 0 Å². The van der Waals surface area contributed by atoms with E-state index in [4.69, 9.17) is 0 Å². The molecular formula is C21H18FN5OS. The van der Waals surface area contributed by atoms with Crippen molar-refractivity contribution in [1.82, 2.24) is 19.5 Å². The highest BCUT2D eigenvalue weighted by molar-refractivity contribution is 7.99. The molecule has 0 radical (unpaired) electrons. The Hall–Kier alpha value is -3.39. The van der Waals surface area contributed by atoms with Gasteiger partial charge in [0.1, 0.15) is 5.82 Å². The fourth-order valence-corrected chi connectivity index (χ4v) is 3.60. The molecule has 2 aromatic carbocycles. The number of carbonyl (C=O) groups excluding carboxylic acids is 1. The van der Waals surface area contributed by atoms with E-state index in [-0.39, 0.29) is 17.3 Å². The molecule has 2 aromatic heterocycles. The molecule has 1 N–H and O–H groups in total. The van der Waals surface area contributed by atoms with E-state index in [1.165, 1.54) is 23.9 Å². The SMILES string of the molecule is Cc1cccc(-c2nnc(SCC(=O)Nc3ccccc3F)n2-n2cccc2)c1. The van der Waals surface area contributed by atoms with Gasteiger partial charge in [-0.3, -0.25) is 9.47 Å². The lowest BCUT2D eigenvalue weighted by molar-refractivity contribution is -0.113. The minimum atomic E-state index is -0.469. The highest BCUT2D eigenvalue weighted by atomic mass is 32.2. The number of nitrogens with one attached hydrogen (secondary N) is 1. The van der Waals surface area contributed by atoms with Crippen LogP contribution in [-0.4, -0.2) is 31.2 Å². The monoisotopic (exact) mass is 407 g/mol. The molecule has 146 valence electrons. The van der Waals surface area contributed by atoms with Crippen LogP contribution in [0.15, 0.2) is 78.2 Å². The highest BCUT2D eigenvalue weighted by Gasteiger charge is 2.17. The van der Waals surface area contributed by atoms with Gasteiger partial charge >= 0.3 is 0 Å². The molecule has 0 aliphatic carbocycles. The van der Waals surface area contributed by atoms with Gasteiger partial charge in [-0.1, -0.05) is 47.7 Å². The lowest BCUT2D eigenvalue weighted by Crippen LogP contribution is -2.16. The molecule has 0 bridgehead atoms. The summed E-state index contributed by atoms with van der Waals surface area (Å²) in [6.45, 7) is 2.02. The number of para-hydroxylation sites is 1. The molecule has 4 rings (SSSR count). The summed E-state index contributed by atoms with van der Waals surface area (Å²) in [7, 11) is 0. The number of anilines is 1. The summed E-state index contributed by atoms with van der Waals surface area (Å²) < 4.78 is 17.4. The molecule has 0 saturated heterocycles. The van der Waals surface area contributed by atoms with Crippen LogP contribution in [0, 0.1) is 12.7 Å². The summed E-state index contributed by atoms with van der Waals surface area (Å²) in [6.07, 6.45) is 3.76. The zero-order chi connectivity index (χ0) is 20.2. The molecule has 0 aliphatic rings. The first-order valence-corrected chi connectivity index (χ1v) is 9.93. The van der Waals surface area contributed by atoms with Crippen molar-refractivity contribution < 1.29 is 9.18 Å². The molecule has 6 nitrogen and oxygen atoms in total. The van der Waals surface area contributed by atoms with Gasteiger partial charge in [0.25, 0.3) is 0 Å². The molecule has 0 spiro atoms. The number of hydrogen-bond acceptors (Lipinski definition) is 4. The Morgan fingerprint density at radius 2 is 1.86 bits per heavy atom. The number of hydrogen-bond donors (Lipinski definition) is 1. The van der Waals surface area contributed by atoms with Crippen LogP contribution in [0.4, 0.5) is 10.1 Å². The van der Waals surface area contributed by atoms with Crippen LogP contribution in [-0.2, 0) is 4.79 Å². The second-order valence-corrected chi connectivity index (χ2v) is 7.31. The third kappa shape index (κ3) is 4.22. The van der Waals surface area contributed by atoms with Crippen LogP contribution in [0.2, 0.25) is 0 Å². The van der Waals surface area contributed by atoms with E-state index in [1.54, 1.807) is 12.1 Å². The molecule has 1 amide bonds. The average Bonchev–Trinajstić information content (AvgIpc) is 3.37. The lowest BCUT2D eigenvalue weighted by atomic mass is 10.1. The largest absolute Gasteiger partial charge is 0.323 e. The molecule has 0 fully saturated rings. The second kappa shape index (κ2) is 8.32. The van der Waals surface area contributed by atoms with Crippen molar-refractivity contribution >= 4 is 23.4 Å². The second-order valence-electron chi connectivity index (χ2n) is 6.37. The third-order valence-electron chi connectivity index (χ3n) is 4.19. The minimum Gasteiger partial charge on any atom is -0.323 e. The first-order valence-electron chi connectivity index (χ1n) is 8.95. The number of rotatable bonds is 6. The fourth-order valence-electron chi connectivity index (χ4n) is 2.87. The van der Waals surface area contributed by atoms with E-state index in [0.29, 0.717) is 11.0 Å². The predicted molar refractivity (Wildman–Crippen MR) is 111 cm³/mol. The standard InChI is InChI=1S/C21H18FN5OS/c1-15-7-6-8-16(13-15)20-24-25-21(27(20)26-11-4-5-12-26)29-14-19(28)23-18-10-3-2-9-17(18)22/h2-13H,14H2,1H3,(H,23,28). The Morgan fingerprint density at radius 1 is 1.07 bits per heavy atom. The summed E-state index contributed by atoms with van der Waals surface area (Å²) >= 11 is 1.23. The third-order valence-corrected chi connectivity index (χ3v) is 5.11. The summed E-state index contributed by atoms with van der Waals surface area (Å²) in [5, 5.41) is 11.8. The first-order chi connectivity index (χ1) is 14.1. The zero-order valence-electron chi connectivity index (χ0n) is 15.6. The van der Waals surface area contributed by atoms with Gasteiger partial charge in [0.05, 0.1) is 11.4 Å². The van der Waals surface area contributed by atoms with Crippen LogP contribution < -0.4 is 5.32 Å². The number of thioether (sulfide) groups is 1. The van der Waals surface area contributed by atoms with E-state index < -0.39 is 5.82 Å². The number of aryl methyl sites for hydroxylation is 1. The molecular weight excluding hydrogens is 389 g/mol. The lowest BCUT2D eigenvalue weighted by Gasteiger charge is -2.11. The van der Waals surface area contributed by atoms with Crippen LogP contribution in [0.5, 0.6) is 0 Å². The van der Waals surface area contributed by atoms with Crippen LogP contribution in [0.3, 0.4) is 0 Å². The van der Waals surface area contributed by atoms with Crippen molar-refractivity contribution in [3.63, 3.8) is 0 Å². The Morgan fingerprint density at radius 3 is 2.62 bits per heavy atom. The predicted octanol–water partition coefficient (Wildman–Crippen LogP) is 4.24. The molecule has 29 heavy (non-hydrogen) atoms. The summed E-state index contributed by atoms with van der Waals surface area (Å²) in [4.78, 5) is 12.3. The van der Waals surface area contributed by atoms with E-state index in [9.17, 15) is 9.18 Å². The smallest absolute Gasteiger partial charge is 0.234 e. The van der Waals surface area contributed by atoms with Gasteiger partial charge in [0, 0.05) is 18.0 Å². The summed E-state index contributed by atoms with van der Waals surface area (Å²) in [5.41, 5.74) is 2.20. The number of carbonyl (C=O) groups is 1. The van der Waals surface area contributed by atoms with Crippen molar-refractivity contribution in [3.05, 3.63) is 84.4 Å². The van der Waals surface area contributed by atoms with Gasteiger partial charge in [0.15, 0.2) is 5.82 Å². The van der Waals surface area contributed by atoms with E-state index in [1.807, 2.05) is 65.1 Å². The van der Waals surface area contributed by atoms with Crippen molar-refractivity contribution in [3.8, 4) is 11.4 Å². The van der Waals surface area contributed by atoms with Gasteiger partial charge in [-0.2, -0.15) is 0 Å². The maximum absolute atomic E-state index is 13.7. The number of nitrogens with zero attached hydrogens (tertiary/aromatic N) is 4.